The lowest BCUT2D eigenvalue weighted by Crippen LogP contribution is -2.48. The van der Waals surface area contributed by atoms with Gasteiger partial charge in [-0.1, -0.05) is 0 Å². The van der Waals surface area contributed by atoms with Crippen LogP contribution in [0.3, 0.4) is 0 Å². The summed E-state index contributed by atoms with van der Waals surface area (Å²) in [6.45, 7) is 0.190. The maximum Gasteiger partial charge on any atom is 0.401 e. The summed E-state index contributed by atoms with van der Waals surface area (Å²) < 4.78 is 36.1. The van der Waals surface area contributed by atoms with Crippen molar-refractivity contribution in [1.82, 2.24) is 4.90 Å². The highest BCUT2D eigenvalue weighted by Crippen LogP contribution is 2.17. The quantitative estimate of drug-likeness (QED) is 0.657. The lowest BCUT2D eigenvalue weighted by Gasteiger charge is -2.27. The molecule has 1 atom stereocenters. The molecule has 1 unspecified atom stereocenters. The van der Waals surface area contributed by atoms with Crippen LogP contribution >= 0.6 is 0 Å². The molecular formula is C7H14F3N3O. The van der Waals surface area contributed by atoms with E-state index in [1.807, 2.05) is 0 Å². The molecule has 7 heteroatoms. The van der Waals surface area contributed by atoms with E-state index in [2.05, 4.69) is 0 Å². The maximum atomic E-state index is 12.0. The molecule has 0 aliphatic heterocycles. The Morgan fingerprint density at radius 1 is 1.50 bits per heavy atom. The van der Waals surface area contributed by atoms with E-state index in [4.69, 9.17) is 11.5 Å². The van der Waals surface area contributed by atoms with Crippen molar-refractivity contribution < 1.29 is 18.0 Å². The monoisotopic (exact) mass is 213 g/mol. The number of primary amides is 1. The van der Waals surface area contributed by atoms with Gasteiger partial charge in [0.25, 0.3) is 0 Å². The van der Waals surface area contributed by atoms with Gasteiger partial charge >= 0.3 is 6.18 Å². The van der Waals surface area contributed by atoms with Gasteiger partial charge in [-0.2, -0.15) is 13.2 Å². The first-order valence-corrected chi connectivity index (χ1v) is 4.08. The second kappa shape index (κ2) is 5.16. The Bertz CT molecular complexity index is 195. The van der Waals surface area contributed by atoms with Gasteiger partial charge < -0.3 is 11.5 Å². The zero-order chi connectivity index (χ0) is 11.4. The molecule has 84 valence electrons. The van der Waals surface area contributed by atoms with Crippen LogP contribution in [0, 0.1) is 0 Å². The largest absolute Gasteiger partial charge is 0.401 e. The van der Waals surface area contributed by atoms with Gasteiger partial charge in [-0.05, 0) is 6.92 Å². The van der Waals surface area contributed by atoms with Crippen LogP contribution in [0.25, 0.3) is 0 Å². The molecule has 0 radical (unpaired) electrons. The van der Waals surface area contributed by atoms with E-state index >= 15 is 0 Å². The van der Waals surface area contributed by atoms with Crippen LogP contribution in [-0.2, 0) is 4.79 Å². The predicted octanol–water partition coefficient (Wildman–Crippen LogP) is -0.317. The Kier molecular flexibility index (Phi) is 4.86. The van der Waals surface area contributed by atoms with Gasteiger partial charge in [-0.3, -0.25) is 9.69 Å². The van der Waals surface area contributed by atoms with Gasteiger partial charge in [0.15, 0.2) is 0 Å². The number of halogens is 3. The fourth-order valence-corrected chi connectivity index (χ4v) is 0.986. The number of alkyl halides is 3. The van der Waals surface area contributed by atoms with E-state index < -0.39 is 24.7 Å². The molecule has 0 bridgehead atoms. The van der Waals surface area contributed by atoms with Crippen molar-refractivity contribution in [3.8, 4) is 0 Å². The first-order valence-electron chi connectivity index (χ1n) is 4.08. The molecule has 1 amide bonds. The highest BCUT2D eigenvalue weighted by Gasteiger charge is 2.33. The lowest BCUT2D eigenvalue weighted by atomic mass is 10.2. The molecule has 0 heterocycles. The van der Waals surface area contributed by atoms with E-state index in [0.717, 1.165) is 4.90 Å². The smallest absolute Gasteiger partial charge is 0.368 e. The highest BCUT2D eigenvalue weighted by molar-refractivity contribution is 5.79. The summed E-state index contributed by atoms with van der Waals surface area (Å²) in [5.41, 5.74) is 10.0. The molecule has 0 aliphatic rings. The standard InChI is InChI=1S/C7H14F3N3O/c1-5(6(12)14)13(3-2-11)4-7(8,9)10/h5H,2-4,11H2,1H3,(H2,12,14). The highest BCUT2D eigenvalue weighted by atomic mass is 19.4. The molecule has 0 aromatic rings. The van der Waals surface area contributed by atoms with Gasteiger partial charge in [-0.25, -0.2) is 0 Å². The molecule has 4 nitrogen and oxygen atoms in total. The van der Waals surface area contributed by atoms with E-state index in [1.54, 1.807) is 0 Å². The third-order valence-corrected chi connectivity index (χ3v) is 1.76. The molecule has 0 aromatic heterocycles. The molecule has 0 aromatic carbocycles. The van der Waals surface area contributed by atoms with E-state index in [1.165, 1.54) is 6.92 Å². The summed E-state index contributed by atoms with van der Waals surface area (Å²) in [7, 11) is 0. The molecule has 0 rings (SSSR count). The predicted molar refractivity (Wildman–Crippen MR) is 45.3 cm³/mol. The fraction of sp³-hybridized carbons (Fsp3) is 0.857. The number of nitrogens with zero attached hydrogens (tertiary/aromatic N) is 1. The Morgan fingerprint density at radius 3 is 2.29 bits per heavy atom. The first-order chi connectivity index (χ1) is 6.28. The van der Waals surface area contributed by atoms with Crippen LogP contribution in [-0.4, -0.2) is 42.7 Å². The third-order valence-electron chi connectivity index (χ3n) is 1.76. The SMILES string of the molecule is CC(C(N)=O)N(CCN)CC(F)(F)F. The minimum absolute atomic E-state index is 0.0103. The van der Waals surface area contributed by atoms with Crippen molar-refractivity contribution in [3.63, 3.8) is 0 Å². The average molecular weight is 213 g/mol. The van der Waals surface area contributed by atoms with Crippen LogP contribution in [0.2, 0.25) is 0 Å². The zero-order valence-corrected chi connectivity index (χ0v) is 7.84. The molecule has 14 heavy (non-hydrogen) atoms. The number of nitrogens with two attached hydrogens (primary N) is 2. The summed E-state index contributed by atoms with van der Waals surface area (Å²) in [5, 5.41) is 0. The minimum Gasteiger partial charge on any atom is -0.368 e. The van der Waals surface area contributed by atoms with Gasteiger partial charge in [-0.15, -0.1) is 0 Å². The van der Waals surface area contributed by atoms with Crippen molar-refractivity contribution in [2.24, 2.45) is 11.5 Å². The Hall–Kier alpha value is -0.820. The minimum atomic E-state index is -4.35. The molecule has 4 N–H and O–H groups in total. The van der Waals surface area contributed by atoms with Crippen LogP contribution in [0.4, 0.5) is 13.2 Å². The van der Waals surface area contributed by atoms with Crippen LogP contribution in [0.1, 0.15) is 6.92 Å². The van der Waals surface area contributed by atoms with E-state index in [-0.39, 0.29) is 13.1 Å². The Labute approximate surface area is 80.0 Å². The first kappa shape index (κ1) is 13.2. The Balaban J connectivity index is 4.36. The molecular weight excluding hydrogens is 199 g/mol. The summed E-state index contributed by atoms with van der Waals surface area (Å²) in [5.74, 6) is -0.789. The Morgan fingerprint density at radius 2 is 2.00 bits per heavy atom. The van der Waals surface area contributed by atoms with E-state index in [9.17, 15) is 18.0 Å². The fourth-order valence-electron chi connectivity index (χ4n) is 0.986. The molecule has 0 fully saturated rings. The van der Waals surface area contributed by atoms with Crippen molar-refractivity contribution in [3.05, 3.63) is 0 Å². The second-order valence-corrected chi connectivity index (χ2v) is 2.95. The third kappa shape index (κ3) is 5.03. The van der Waals surface area contributed by atoms with Gasteiger partial charge in [0.1, 0.15) is 0 Å². The lowest BCUT2D eigenvalue weighted by molar-refractivity contribution is -0.153. The van der Waals surface area contributed by atoms with Crippen LogP contribution in [0.15, 0.2) is 0 Å². The van der Waals surface area contributed by atoms with Crippen LogP contribution < -0.4 is 11.5 Å². The summed E-state index contributed by atoms with van der Waals surface area (Å²) in [6, 6.07) is -0.958. The van der Waals surface area contributed by atoms with Crippen molar-refractivity contribution in [1.29, 1.82) is 0 Å². The number of hydrogen-bond acceptors (Lipinski definition) is 3. The summed E-state index contributed by atoms with van der Waals surface area (Å²) in [4.78, 5) is 11.6. The number of rotatable bonds is 5. The second-order valence-electron chi connectivity index (χ2n) is 2.95. The molecule has 0 aliphatic carbocycles. The molecule has 0 saturated carbocycles. The average Bonchev–Trinajstić information content (AvgIpc) is 1.99. The maximum absolute atomic E-state index is 12.0. The zero-order valence-electron chi connectivity index (χ0n) is 7.84. The van der Waals surface area contributed by atoms with Gasteiger partial charge in [0, 0.05) is 13.1 Å². The normalized spacial score (nSPS) is 14.4. The summed E-state index contributed by atoms with van der Waals surface area (Å²) in [6.07, 6.45) is -4.35. The molecule has 0 saturated heterocycles. The summed E-state index contributed by atoms with van der Waals surface area (Å²) >= 11 is 0. The number of carbonyl (C=O) groups is 1. The van der Waals surface area contributed by atoms with Crippen molar-refractivity contribution in [2.75, 3.05) is 19.6 Å². The number of hydrogen-bond donors (Lipinski definition) is 2. The van der Waals surface area contributed by atoms with Gasteiger partial charge in [0.2, 0.25) is 5.91 Å². The van der Waals surface area contributed by atoms with Crippen LogP contribution in [0.5, 0.6) is 0 Å². The molecule has 0 spiro atoms. The van der Waals surface area contributed by atoms with Gasteiger partial charge in [0.05, 0.1) is 12.6 Å². The number of amides is 1. The van der Waals surface area contributed by atoms with Crippen molar-refractivity contribution >= 4 is 5.91 Å². The van der Waals surface area contributed by atoms with E-state index in [0.29, 0.717) is 0 Å². The number of carbonyl (C=O) groups excluding carboxylic acids is 1. The topological polar surface area (TPSA) is 72.4 Å². The van der Waals surface area contributed by atoms with Crippen molar-refractivity contribution in [2.45, 2.75) is 19.1 Å².